The van der Waals surface area contributed by atoms with E-state index in [9.17, 15) is 4.79 Å². The summed E-state index contributed by atoms with van der Waals surface area (Å²) in [6.07, 6.45) is 1.18. The molecule has 1 N–H and O–H groups in total. The molecule has 1 amide bonds. The normalized spacial score (nSPS) is 8.90. The molecule has 0 saturated heterocycles. The fourth-order valence-corrected chi connectivity index (χ4v) is 0.430. The maximum absolute atomic E-state index is 10.4. The van der Waals surface area contributed by atoms with E-state index in [1.807, 2.05) is 0 Å². The van der Waals surface area contributed by atoms with Crippen LogP contribution >= 0.6 is 11.6 Å². The molecule has 0 spiro atoms. The molecule has 0 heterocycles. The van der Waals surface area contributed by atoms with Crippen LogP contribution in [0.25, 0.3) is 0 Å². The predicted molar refractivity (Wildman–Crippen MR) is 39.9 cm³/mol. The van der Waals surface area contributed by atoms with Gasteiger partial charge < -0.3 is 10.1 Å². The van der Waals surface area contributed by atoms with Crippen LogP contribution in [0.4, 0.5) is 0 Å². The molecule has 0 aliphatic heterocycles. The van der Waals surface area contributed by atoms with Crippen molar-refractivity contribution in [1.29, 1.82) is 0 Å². The van der Waals surface area contributed by atoms with Crippen molar-refractivity contribution in [2.24, 2.45) is 0 Å². The summed E-state index contributed by atoms with van der Waals surface area (Å²) in [5.74, 6) is 0.193. The van der Waals surface area contributed by atoms with E-state index < -0.39 is 0 Å². The highest BCUT2D eigenvalue weighted by Gasteiger charge is 1.90. The Balaban J connectivity index is 3.03. The van der Waals surface area contributed by atoms with Gasteiger partial charge in [0.1, 0.15) is 6.73 Å². The molecule has 10 heavy (non-hydrogen) atoms. The molecule has 58 valence electrons. The van der Waals surface area contributed by atoms with Gasteiger partial charge in [0.05, 0.1) is 6.61 Å². The molecule has 0 fully saturated rings. The summed E-state index contributed by atoms with van der Waals surface area (Å²) in [6, 6.07) is 0. The first kappa shape index (κ1) is 9.46. The van der Waals surface area contributed by atoms with Crippen LogP contribution in [0.3, 0.4) is 0 Å². The first-order chi connectivity index (χ1) is 4.81. The summed E-state index contributed by atoms with van der Waals surface area (Å²) in [7, 11) is 0. The minimum absolute atomic E-state index is 0.192. The molecule has 4 heteroatoms. The Kier molecular flexibility index (Phi) is 6.22. The minimum atomic E-state index is -0.241. The molecule has 0 saturated carbocycles. The lowest BCUT2D eigenvalue weighted by Gasteiger charge is -2.00. The van der Waals surface area contributed by atoms with Gasteiger partial charge >= 0.3 is 0 Å². The number of rotatable bonds is 5. The standard InChI is InChI=1S/C6H10ClNO2/c1-2-6(9)8-5-10-4-3-7/h2H,1,3-5H2,(H,8,9). The second-order valence-electron chi connectivity index (χ2n) is 1.49. The van der Waals surface area contributed by atoms with Gasteiger partial charge in [0, 0.05) is 5.88 Å². The van der Waals surface area contributed by atoms with Gasteiger partial charge in [0.25, 0.3) is 0 Å². The van der Waals surface area contributed by atoms with Crippen LogP contribution in [0, 0.1) is 0 Å². The van der Waals surface area contributed by atoms with E-state index in [1.54, 1.807) is 0 Å². The van der Waals surface area contributed by atoms with Crippen LogP contribution in [0.1, 0.15) is 0 Å². The minimum Gasteiger partial charge on any atom is -0.360 e. The molecule has 0 atom stereocenters. The topological polar surface area (TPSA) is 38.3 Å². The average Bonchev–Trinajstić information content (AvgIpc) is 1.98. The molecule has 0 rings (SSSR count). The molecular weight excluding hydrogens is 154 g/mol. The van der Waals surface area contributed by atoms with E-state index in [1.165, 1.54) is 6.08 Å². The zero-order chi connectivity index (χ0) is 7.82. The number of halogens is 1. The largest absolute Gasteiger partial charge is 0.360 e. The molecule has 0 radical (unpaired) electrons. The van der Waals surface area contributed by atoms with Gasteiger partial charge in [-0.2, -0.15) is 0 Å². The van der Waals surface area contributed by atoms with E-state index >= 15 is 0 Å². The fourth-order valence-electron chi connectivity index (χ4n) is 0.321. The number of carbonyl (C=O) groups is 1. The van der Waals surface area contributed by atoms with Crippen molar-refractivity contribution >= 4 is 17.5 Å². The zero-order valence-corrected chi connectivity index (χ0v) is 6.36. The van der Waals surface area contributed by atoms with Crippen molar-refractivity contribution in [2.75, 3.05) is 19.2 Å². The summed E-state index contributed by atoms with van der Waals surface area (Å²) in [4.78, 5) is 10.4. The summed E-state index contributed by atoms with van der Waals surface area (Å²) in [5.41, 5.74) is 0. The highest BCUT2D eigenvalue weighted by atomic mass is 35.5. The van der Waals surface area contributed by atoms with Gasteiger partial charge in [-0.1, -0.05) is 6.58 Å². The summed E-state index contributed by atoms with van der Waals surface area (Å²) in [6.45, 7) is 3.90. The van der Waals surface area contributed by atoms with E-state index in [0.29, 0.717) is 12.5 Å². The van der Waals surface area contributed by atoms with Crippen molar-refractivity contribution in [2.45, 2.75) is 0 Å². The third kappa shape index (κ3) is 5.59. The molecule has 0 aromatic carbocycles. The van der Waals surface area contributed by atoms with Gasteiger partial charge in [-0.25, -0.2) is 0 Å². The molecule has 3 nitrogen and oxygen atoms in total. The third-order valence-electron chi connectivity index (χ3n) is 0.755. The maximum Gasteiger partial charge on any atom is 0.245 e. The van der Waals surface area contributed by atoms with E-state index in [0.717, 1.165) is 0 Å². The van der Waals surface area contributed by atoms with Crippen molar-refractivity contribution < 1.29 is 9.53 Å². The second kappa shape index (κ2) is 6.58. The first-order valence-electron chi connectivity index (χ1n) is 2.85. The van der Waals surface area contributed by atoms with Crippen molar-refractivity contribution in [3.05, 3.63) is 12.7 Å². The van der Waals surface area contributed by atoms with Gasteiger partial charge in [-0.3, -0.25) is 4.79 Å². The van der Waals surface area contributed by atoms with Crippen molar-refractivity contribution in [3.63, 3.8) is 0 Å². The van der Waals surface area contributed by atoms with Crippen molar-refractivity contribution in [3.8, 4) is 0 Å². The number of hydrogen-bond donors (Lipinski definition) is 1. The first-order valence-corrected chi connectivity index (χ1v) is 3.38. The number of hydrogen-bond acceptors (Lipinski definition) is 2. The summed E-state index contributed by atoms with van der Waals surface area (Å²) >= 11 is 5.29. The number of nitrogens with one attached hydrogen (secondary N) is 1. The quantitative estimate of drug-likeness (QED) is 0.278. The number of alkyl halides is 1. The molecular formula is C6H10ClNO2. The lowest BCUT2D eigenvalue weighted by atomic mass is 10.6. The average molecular weight is 164 g/mol. The molecule has 0 aromatic heterocycles. The van der Waals surface area contributed by atoms with Crippen LogP contribution in [-0.2, 0) is 9.53 Å². The summed E-state index contributed by atoms with van der Waals surface area (Å²) in [5, 5.41) is 2.43. The highest BCUT2D eigenvalue weighted by Crippen LogP contribution is 1.76. The van der Waals surface area contributed by atoms with Crippen LogP contribution < -0.4 is 5.32 Å². The molecule has 0 unspecified atom stereocenters. The third-order valence-corrected chi connectivity index (χ3v) is 0.910. The Bertz CT molecular complexity index is 116. The van der Waals surface area contributed by atoms with Crippen LogP contribution in [0.15, 0.2) is 12.7 Å². The van der Waals surface area contributed by atoms with Crippen LogP contribution in [-0.4, -0.2) is 25.1 Å². The van der Waals surface area contributed by atoms with E-state index in [-0.39, 0.29) is 12.6 Å². The Morgan fingerprint density at radius 3 is 3.00 bits per heavy atom. The van der Waals surface area contributed by atoms with Gasteiger partial charge in [0.15, 0.2) is 0 Å². The number of carbonyl (C=O) groups excluding carboxylic acids is 1. The molecule has 0 aliphatic carbocycles. The number of amides is 1. The summed E-state index contributed by atoms with van der Waals surface area (Å²) < 4.78 is 4.84. The van der Waals surface area contributed by atoms with Gasteiger partial charge in [-0.15, -0.1) is 11.6 Å². The number of ether oxygens (including phenoxy) is 1. The second-order valence-corrected chi connectivity index (χ2v) is 1.86. The Hall–Kier alpha value is -0.540. The Morgan fingerprint density at radius 1 is 1.80 bits per heavy atom. The van der Waals surface area contributed by atoms with Crippen molar-refractivity contribution in [1.82, 2.24) is 5.32 Å². The Morgan fingerprint density at radius 2 is 2.50 bits per heavy atom. The fraction of sp³-hybridized carbons (Fsp3) is 0.500. The molecule has 0 aromatic rings. The van der Waals surface area contributed by atoms with E-state index in [4.69, 9.17) is 16.3 Å². The SMILES string of the molecule is C=CC(=O)NCOCCCl. The van der Waals surface area contributed by atoms with E-state index in [2.05, 4.69) is 11.9 Å². The predicted octanol–water partition coefficient (Wildman–Crippen LogP) is 0.501. The maximum atomic E-state index is 10.4. The lowest BCUT2D eigenvalue weighted by Crippen LogP contribution is -2.24. The lowest BCUT2D eigenvalue weighted by molar-refractivity contribution is -0.118. The van der Waals surface area contributed by atoms with Gasteiger partial charge in [-0.05, 0) is 6.08 Å². The van der Waals surface area contributed by atoms with Crippen LogP contribution in [0.2, 0.25) is 0 Å². The molecule has 0 bridgehead atoms. The monoisotopic (exact) mass is 163 g/mol. The Labute approximate surface area is 65.0 Å². The van der Waals surface area contributed by atoms with Crippen LogP contribution in [0.5, 0.6) is 0 Å². The zero-order valence-electron chi connectivity index (χ0n) is 5.60. The molecule has 0 aliphatic rings. The van der Waals surface area contributed by atoms with Gasteiger partial charge in [0.2, 0.25) is 5.91 Å². The smallest absolute Gasteiger partial charge is 0.245 e. The highest BCUT2D eigenvalue weighted by molar-refractivity contribution is 6.17.